The number of hydrogen-bond donors (Lipinski definition) is 0. The predicted molar refractivity (Wildman–Crippen MR) is 147 cm³/mol. The first-order chi connectivity index (χ1) is 18.0. The van der Waals surface area contributed by atoms with Gasteiger partial charge in [-0.15, -0.1) is 5.10 Å². The molecule has 0 bridgehead atoms. The lowest BCUT2D eigenvalue weighted by Crippen LogP contribution is -2.34. The van der Waals surface area contributed by atoms with E-state index in [1.165, 1.54) is 6.07 Å². The molecule has 7 heteroatoms. The van der Waals surface area contributed by atoms with Gasteiger partial charge in [-0.2, -0.15) is 0 Å². The van der Waals surface area contributed by atoms with Crippen LogP contribution < -0.4 is 4.90 Å². The molecule has 0 saturated carbocycles. The number of aromatic nitrogens is 4. The van der Waals surface area contributed by atoms with Gasteiger partial charge in [0, 0.05) is 18.3 Å². The zero-order valence-corrected chi connectivity index (χ0v) is 22.1. The third-order valence-electron chi connectivity index (χ3n) is 7.62. The summed E-state index contributed by atoms with van der Waals surface area (Å²) in [4.78, 5) is 14.2. The van der Waals surface area contributed by atoms with Crippen molar-refractivity contribution < 1.29 is 4.39 Å². The summed E-state index contributed by atoms with van der Waals surface area (Å²) in [6.07, 6.45) is 9.45. The molecule has 3 aromatic heterocycles. The van der Waals surface area contributed by atoms with Crippen LogP contribution in [0.4, 0.5) is 10.2 Å². The minimum Gasteiger partial charge on any atom is -0.348 e. The molecule has 1 unspecified atom stereocenters. The fourth-order valence-electron chi connectivity index (χ4n) is 5.57. The normalized spacial score (nSPS) is 17.0. The van der Waals surface area contributed by atoms with Crippen LogP contribution in [0.5, 0.6) is 0 Å². The third kappa shape index (κ3) is 5.67. The molecule has 0 aliphatic carbocycles. The molecule has 4 heterocycles. The highest BCUT2D eigenvalue weighted by Crippen LogP contribution is 2.34. The van der Waals surface area contributed by atoms with Gasteiger partial charge in [0.15, 0.2) is 5.65 Å². The Morgan fingerprint density at radius 1 is 1.08 bits per heavy atom. The Bertz CT molecular complexity index is 1330. The molecule has 1 saturated heterocycles. The van der Waals surface area contributed by atoms with Crippen LogP contribution in [0.25, 0.3) is 17.0 Å². The van der Waals surface area contributed by atoms with Crippen LogP contribution in [-0.4, -0.2) is 51.2 Å². The number of rotatable bonds is 9. The van der Waals surface area contributed by atoms with Gasteiger partial charge >= 0.3 is 0 Å². The van der Waals surface area contributed by atoms with Crippen molar-refractivity contribution in [1.29, 1.82) is 0 Å². The van der Waals surface area contributed by atoms with Crippen molar-refractivity contribution in [3.63, 3.8) is 0 Å². The lowest BCUT2D eigenvalue weighted by atomic mass is 9.95. The summed E-state index contributed by atoms with van der Waals surface area (Å²) in [5.74, 6) is 0.687. The van der Waals surface area contributed by atoms with Crippen molar-refractivity contribution >= 4 is 11.5 Å². The molecule has 0 spiro atoms. The molecular formula is C30H37FN6. The van der Waals surface area contributed by atoms with E-state index < -0.39 is 0 Å². The number of anilines is 1. The standard InChI is InChI=1S/C30H37FN6/c1-4-25(35(2)3)14-8-12-24-13-9-15-26(33-24)28-21-32-29-17-18-30(34-37(28)29)36-19-6-5-16-27(36)22-10-7-11-23(31)20-22/h7,9-11,13,15,17-18,20-21,25,27H,4-6,8,12,14,16,19H2,1-3H3/t25-,27?/m1/s1. The van der Waals surface area contributed by atoms with Crippen molar-refractivity contribution in [2.45, 2.75) is 64.0 Å². The second-order valence-electron chi connectivity index (χ2n) is 10.3. The summed E-state index contributed by atoms with van der Waals surface area (Å²) in [5, 5.41) is 5.02. The van der Waals surface area contributed by atoms with E-state index in [2.05, 4.69) is 47.9 Å². The number of nitrogens with zero attached hydrogens (tertiary/aromatic N) is 6. The fourth-order valence-corrected chi connectivity index (χ4v) is 5.57. The van der Waals surface area contributed by atoms with E-state index in [0.29, 0.717) is 6.04 Å². The van der Waals surface area contributed by atoms with Crippen molar-refractivity contribution in [2.24, 2.45) is 0 Å². The molecule has 2 atom stereocenters. The van der Waals surface area contributed by atoms with Crippen molar-refractivity contribution in [1.82, 2.24) is 24.5 Å². The number of imidazole rings is 1. The number of piperidine rings is 1. The zero-order valence-electron chi connectivity index (χ0n) is 22.1. The highest BCUT2D eigenvalue weighted by molar-refractivity contribution is 5.61. The molecule has 0 N–H and O–H groups in total. The molecule has 4 aromatic rings. The number of hydrogen-bond acceptors (Lipinski definition) is 5. The van der Waals surface area contributed by atoms with Crippen LogP contribution in [0.2, 0.25) is 0 Å². The molecule has 0 amide bonds. The van der Waals surface area contributed by atoms with Gasteiger partial charge in [0.05, 0.1) is 17.9 Å². The third-order valence-corrected chi connectivity index (χ3v) is 7.62. The summed E-state index contributed by atoms with van der Waals surface area (Å²) in [5.41, 5.74) is 4.66. The molecular weight excluding hydrogens is 463 g/mol. The van der Waals surface area contributed by atoms with Crippen LogP contribution >= 0.6 is 0 Å². The first kappa shape index (κ1) is 25.3. The van der Waals surface area contributed by atoms with Crippen molar-refractivity contribution in [3.8, 4) is 11.4 Å². The number of benzene rings is 1. The molecule has 0 radical (unpaired) electrons. The molecule has 1 aliphatic rings. The maximum atomic E-state index is 14.0. The van der Waals surface area contributed by atoms with E-state index in [4.69, 9.17) is 10.1 Å². The largest absolute Gasteiger partial charge is 0.348 e. The average Bonchev–Trinajstić information content (AvgIpc) is 3.34. The Hall–Kier alpha value is -3.32. The Kier molecular flexibility index (Phi) is 7.79. The molecule has 1 aromatic carbocycles. The number of halogens is 1. The second kappa shape index (κ2) is 11.4. The van der Waals surface area contributed by atoms with E-state index in [-0.39, 0.29) is 11.9 Å². The maximum absolute atomic E-state index is 14.0. The van der Waals surface area contributed by atoms with Gasteiger partial charge in [-0.05, 0) is 101 Å². The van der Waals surface area contributed by atoms with Crippen molar-refractivity contribution in [3.05, 3.63) is 77.9 Å². The number of fused-ring (bicyclic) bond motifs is 1. The Morgan fingerprint density at radius 3 is 2.76 bits per heavy atom. The van der Waals surface area contributed by atoms with Crippen LogP contribution in [0.15, 0.2) is 60.8 Å². The first-order valence-corrected chi connectivity index (χ1v) is 13.5. The SMILES string of the molecule is CC[C@H](CCCc1cccc(-c2cnc3ccc(N4CCCCC4c4cccc(F)c4)nn23)n1)N(C)C. The minimum atomic E-state index is -0.193. The summed E-state index contributed by atoms with van der Waals surface area (Å²) in [6.45, 7) is 3.14. The number of pyridine rings is 1. The predicted octanol–water partition coefficient (Wildman–Crippen LogP) is 6.32. The van der Waals surface area contributed by atoms with Gasteiger partial charge in [-0.25, -0.2) is 13.9 Å². The molecule has 1 aliphatic heterocycles. The summed E-state index contributed by atoms with van der Waals surface area (Å²) < 4.78 is 15.9. The zero-order chi connectivity index (χ0) is 25.8. The Labute approximate surface area is 219 Å². The van der Waals surface area contributed by atoms with E-state index in [1.54, 1.807) is 12.1 Å². The highest BCUT2D eigenvalue weighted by Gasteiger charge is 2.26. The van der Waals surface area contributed by atoms with Crippen LogP contribution in [-0.2, 0) is 6.42 Å². The first-order valence-electron chi connectivity index (χ1n) is 13.5. The molecule has 37 heavy (non-hydrogen) atoms. The van der Waals surface area contributed by atoms with Crippen LogP contribution in [0.1, 0.15) is 62.7 Å². The molecule has 194 valence electrons. The summed E-state index contributed by atoms with van der Waals surface area (Å²) >= 11 is 0. The van der Waals surface area contributed by atoms with Crippen LogP contribution in [0, 0.1) is 5.82 Å². The van der Waals surface area contributed by atoms with Gasteiger partial charge in [-0.1, -0.05) is 25.1 Å². The van der Waals surface area contributed by atoms with Gasteiger partial charge in [-0.3, -0.25) is 4.98 Å². The quantitative estimate of drug-likeness (QED) is 0.269. The molecule has 1 fully saturated rings. The lowest BCUT2D eigenvalue weighted by Gasteiger charge is -2.37. The van der Waals surface area contributed by atoms with E-state index in [9.17, 15) is 4.39 Å². The van der Waals surface area contributed by atoms with E-state index >= 15 is 0 Å². The Morgan fingerprint density at radius 2 is 1.95 bits per heavy atom. The van der Waals surface area contributed by atoms with E-state index in [0.717, 1.165) is 85.6 Å². The lowest BCUT2D eigenvalue weighted by molar-refractivity contribution is 0.267. The summed E-state index contributed by atoms with van der Waals surface area (Å²) in [7, 11) is 4.31. The Balaban J connectivity index is 1.40. The second-order valence-corrected chi connectivity index (χ2v) is 10.3. The summed E-state index contributed by atoms with van der Waals surface area (Å²) in [6, 6.07) is 18.0. The highest BCUT2D eigenvalue weighted by atomic mass is 19.1. The van der Waals surface area contributed by atoms with Gasteiger partial charge < -0.3 is 9.80 Å². The monoisotopic (exact) mass is 500 g/mol. The van der Waals surface area contributed by atoms with Gasteiger partial charge in [0.2, 0.25) is 0 Å². The maximum Gasteiger partial charge on any atom is 0.154 e. The molecule has 6 nitrogen and oxygen atoms in total. The van der Waals surface area contributed by atoms with Gasteiger partial charge in [0.25, 0.3) is 0 Å². The van der Waals surface area contributed by atoms with Crippen molar-refractivity contribution in [2.75, 3.05) is 25.5 Å². The minimum absolute atomic E-state index is 0.108. The number of aryl methyl sites for hydroxylation is 1. The topological polar surface area (TPSA) is 49.6 Å². The smallest absolute Gasteiger partial charge is 0.154 e. The fraction of sp³-hybridized carbons (Fsp3) is 0.433. The van der Waals surface area contributed by atoms with Crippen LogP contribution in [0.3, 0.4) is 0 Å². The van der Waals surface area contributed by atoms with Gasteiger partial charge in [0.1, 0.15) is 17.3 Å². The molecule has 5 rings (SSSR count). The van der Waals surface area contributed by atoms with E-state index in [1.807, 2.05) is 35.0 Å². The average molecular weight is 501 g/mol.